The lowest BCUT2D eigenvalue weighted by atomic mass is 10.0. The van der Waals surface area contributed by atoms with Crippen LogP contribution in [0, 0.1) is 11.7 Å². The van der Waals surface area contributed by atoms with Gasteiger partial charge in [-0.25, -0.2) is 4.39 Å². The van der Waals surface area contributed by atoms with E-state index in [9.17, 15) is 9.18 Å². The molecule has 1 amide bonds. The molecule has 5 heteroatoms. The van der Waals surface area contributed by atoms with Gasteiger partial charge in [0.05, 0.1) is 13.0 Å². The number of hydrogen-bond donors (Lipinski definition) is 2. The highest BCUT2D eigenvalue weighted by Crippen LogP contribution is 2.16. The summed E-state index contributed by atoms with van der Waals surface area (Å²) in [7, 11) is 0. The molecule has 4 nitrogen and oxygen atoms in total. The number of phenolic OH excluding ortho intramolecular Hbond substituents is 1. The average molecular weight is 267 g/mol. The van der Waals surface area contributed by atoms with Crippen LogP contribution in [0.5, 0.6) is 5.75 Å². The first-order chi connectivity index (χ1) is 9.15. The molecule has 1 aromatic rings. The Balaban J connectivity index is 1.78. The first-order valence-corrected chi connectivity index (χ1v) is 6.47. The predicted molar refractivity (Wildman–Crippen MR) is 68.3 cm³/mol. The number of phenols is 1. The van der Waals surface area contributed by atoms with Gasteiger partial charge in [-0.1, -0.05) is 6.07 Å². The molecule has 0 saturated carbocycles. The average Bonchev–Trinajstić information content (AvgIpc) is 2.42. The van der Waals surface area contributed by atoms with E-state index in [1.54, 1.807) is 6.07 Å². The van der Waals surface area contributed by atoms with E-state index >= 15 is 0 Å². The summed E-state index contributed by atoms with van der Waals surface area (Å²) in [5.74, 6) is -0.876. The smallest absolute Gasteiger partial charge is 0.224 e. The quantitative estimate of drug-likeness (QED) is 0.871. The first kappa shape index (κ1) is 13.8. The summed E-state index contributed by atoms with van der Waals surface area (Å²) < 4.78 is 18.4. The van der Waals surface area contributed by atoms with Crippen LogP contribution < -0.4 is 5.32 Å². The van der Waals surface area contributed by atoms with Gasteiger partial charge in [-0.2, -0.15) is 0 Å². The van der Waals surface area contributed by atoms with Crippen molar-refractivity contribution in [3.05, 3.63) is 29.6 Å². The molecule has 0 bridgehead atoms. The number of benzene rings is 1. The standard InChI is InChI=1S/C14H18FNO3/c15-12-6-10(3-4-13(12)17)7-14(18)16-8-11-2-1-5-19-9-11/h3-4,6,11,17H,1-2,5,7-9H2,(H,16,18)/t11-/m1/s1. The molecule has 0 radical (unpaired) electrons. The lowest BCUT2D eigenvalue weighted by molar-refractivity contribution is -0.120. The van der Waals surface area contributed by atoms with E-state index in [0.29, 0.717) is 24.6 Å². The van der Waals surface area contributed by atoms with Crippen LogP contribution in [0.2, 0.25) is 0 Å². The minimum Gasteiger partial charge on any atom is -0.505 e. The van der Waals surface area contributed by atoms with Crippen molar-refractivity contribution >= 4 is 5.91 Å². The van der Waals surface area contributed by atoms with Crippen LogP contribution in [-0.4, -0.2) is 30.8 Å². The number of halogens is 1. The van der Waals surface area contributed by atoms with E-state index in [0.717, 1.165) is 19.4 Å². The number of carbonyl (C=O) groups is 1. The van der Waals surface area contributed by atoms with Gasteiger partial charge in [-0.3, -0.25) is 4.79 Å². The molecule has 0 unspecified atom stereocenters. The summed E-state index contributed by atoms with van der Waals surface area (Å²) in [4.78, 5) is 11.7. The Kier molecular flexibility index (Phi) is 4.74. The second-order valence-electron chi connectivity index (χ2n) is 4.85. The van der Waals surface area contributed by atoms with Gasteiger partial charge in [-0.05, 0) is 36.5 Å². The molecule has 2 N–H and O–H groups in total. The van der Waals surface area contributed by atoms with Crippen molar-refractivity contribution in [2.75, 3.05) is 19.8 Å². The molecule has 0 aromatic heterocycles. The number of ether oxygens (including phenoxy) is 1. The summed E-state index contributed by atoms with van der Waals surface area (Å²) in [6.45, 7) is 2.09. The molecule has 2 rings (SSSR count). The van der Waals surface area contributed by atoms with E-state index in [4.69, 9.17) is 9.84 Å². The topological polar surface area (TPSA) is 58.6 Å². The maximum Gasteiger partial charge on any atom is 0.224 e. The summed E-state index contributed by atoms with van der Waals surface area (Å²) in [5, 5.41) is 11.9. The molecule has 104 valence electrons. The molecule has 1 atom stereocenters. The Morgan fingerprint density at radius 2 is 2.37 bits per heavy atom. The monoisotopic (exact) mass is 267 g/mol. The number of aromatic hydroxyl groups is 1. The fourth-order valence-corrected chi connectivity index (χ4v) is 2.13. The number of rotatable bonds is 4. The molecular weight excluding hydrogens is 249 g/mol. The second kappa shape index (κ2) is 6.52. The van der Waals surface area contributed by atoms with Crippen LogP contribution in [0.4, 0.5) is 4.39 Å². The van der Waals surface area contributed by atoms with E-state index < -0.39 is 11.6 Å². The van der Waals surface area contributed by atoms with Crippen molar-refractivity contribution in [3.63, 3.8) is 0 Å². The summed E-state index contributed by atoms with van der Waals surface area (Å²) in [6, 6.07) is 3.98. The predicted octanol–water partition coefficient (Wildman–Crippen LogP) is 1.62. The van der Waals surface area contributed by atoms with Gasteiger partial charge in [0.2, 0.25) is 5.91 Å². The highest BCUT2D eigenvalue weighted by Gasteiger charge is 2.15. The molecule has 0 spiro atoms. The minimum atomic E-state index is -0.703. The van der Waals surface area contributed by atoms with Crippen LogP contribution in [-0.2, 0) is 16.0 Å². The third-order valence-corrected chi connectivity index (χ3v) is 3.22. The molecule has 19 heavy (non-hydrogen) atoms. The maximum absolute atomic E-state index is 13.1. The Bertz CT molecular complexity index is 444. The van der Waals surface area contributed by atoms with Crippen LogP contribution >= 0.6 is 0 Å². The SMILES string of the molecule is O=C(Cc1ccc(O)c(F)c1)NC[C@H]1CCCOC1. The van der Waals surface area contributed by atoms with Gasteiger partial charge < -0.3 is 15.2 Å². The normalized spacial score (nSPS) is 19.1. The van der Waals surface area contributed by atoms with Gasteiger partial charge in [0.1, 0.15) is 0 Å². The summed E-state index contributed by atoms with van der Waals surface area (Å²) in [6.07, 6.45) is 2.21. The van der Waals surface area contributed by atoms with Gasteiger partial charge in [-0.15, -0.1) is 0 Å². The van der Waals surface area contributed by atoms with Crippen LogP contribution in [0.25, 0.3) is 0 Å². The zero-order valence-electron chi connectivity index (χ0n) is 10.7. The van der Waals surface area contributed by atoms with Gasteiger partial charge in [0.15, 0.2) is 11.6 Å². The zero-order valence-corrected chi connectivity index (χ0v) is 10.7. The van der Waals surface area contributed by atoms with E-state index in [2.05, 4.69) is 5.32 Å². The highest BCUT2D eigenvalue weighted by molar-refractivity contribution is 5.78. The number of nitrogens with one attached hydrogen (secondary N) is 1. The maximum atomic E-state index is 13.1. The Morgan fingerprint density at radius 1 is 1.53 bits per heavy atom. The summed E-state index contributed by atoms with van der Waals surface area (Å²) >= 11 is 0. The van der Waals surface area contributed by atoms with Crippen LogP contribution in [0.1, 0.15) is 18.4 Å². The van der Waals surface area contributed by atoms with Crippen molar-refractivity contribution in [2.45, 2.75) is 19.3 Å². The van der Waals surface area contributed by atoms with Crippen molar-refractivity contribution < 1.29 is 19.0 Å². The fourth-order valence-electron chi connectivity index (χ4n) is 2.13. The van der Waals surface area contributed by atoms with Crippen molar-refractivity contribution in [1.82, 2.24) is 5.32 Å². The van der Waals surface area contributed by atoms with Gasteiger partial charge >= 0.3 is 0 Å². The molecule has 1 saturated heterocycles. The Morgan fingerprint density at radius 3 is 3.05 bits per heavy atom. The van der Waals surface area contributed by atoms with Crippen LogP contribution in [0.3, 0.4) is 0 Å². The molecule has 1 aliphatic heterocycles. The molecule has 1 aliphatic rings. The fraction of sp³-hybridized carbons (Fsp3) is 0.500. The molecule has 0 aliphatic carbocycles. The summed E-state index contributed by atoms with van der Waals surface area (Å²) in [5.41, 5.74) is 0.549. The molecular formula is C14H18FNO3. The Hall–Kier alpha value is -1.62. The van der Waals surface area contributed by atoms with Crippen molar-refractivity contribution in [3.8, 4) is 5.75 Å². The largest absolute Gasteiger partial charge is 0.505 e. The zero-order chi connectivity index (χ0) is 13.7. The number of hydrogen-bond acceptors (Lipinski definition) is 3. The van der Waals surface area contributed by atoms with Gasteiger partial charge in [0.25, 0.3) is 0 Å². The highest BCUT2D eigenvalue weighted by atomic mass is 19.1. The Labute approximate surface area is 111 Å². The van der Waals surface area contributed by atoms with Crippen LogP contribution in [0.15, 0.2) is 18.2 Å². The minimum absolute atomic E-state index is 0.116. The van der Waals surface area contributed by atoms with Crippen molar-refractivity contribution in [1.29, 1.82) is 0 Å². The number of carbonyl (C=O) groups excluding carboxylic acids is 1. The molecule has 1 aromatic carbocycles. The third-order valence-electron chi connectivity index (χ3n) is 3.22. The van der Waals surface area contributed by atoms with Gasteiger partial charge in [0, 0.05) is 13.2 Å². The number of amides is 1. The molecule has 1 heterocycles. The van der Waals surface area contributed by atoms with Crippen molar-refractivity contribution in [2.24, 2.45) is 5.92 Å². The van der Waals surface area contributed by atoms with E-state index in [-0.39, 0.29) is 12.3 Å². The first-order valence-electron chi connectivity index (χ1n) is 6.47. The van der Waals surface area contributed by atoms with E-state index in [1.807, 2.05) is 0 Å². The van der Waals surface area contributed by atoms with E-state index in [1.165, 1.54) is 12.1 Å². The second-order valence-corrected chi connectivity index (χ2v) is 4.85. The lowest BCUT2D eigenvalue weighted by Gasteiger charge is -2.22. The lowest BCUT2D eigenvalue weighted by Crippen LogP contribution is -2.34. The third kappa shape index (κ3) is 4.21. The molecule has 1 fully saturated rings.